The predicted octanol–water partition coefficient (Wildman–Crippen LogP) is 6.39. The molecule has 0 unspecified atom stereocenters. The van der Waals surface area contributed by atoms with Crippen molar-refractivity contribution >= 4 is 34.3 Å². The molecule has 24 heavy (non-hydrogen) atoms. The lowest BCUT2D eigenvalue weighted by molar-refractivity contribution is 0.616. The highest BCUT2D eigenvalue weighted by atomic mass is 35.5. The first kappa shape index (κ1) is 15.3. The molecule has 0 saturated carbocycles. The Hall–Kier alpha value is -2.29. The smallest absolute Gasteiger partial charge is 0.228 e. The molecule has 0 atom stereocenters. The summed E-state index contributed by atoms with van der Waals surface area (Å²) >= 11 is 12.2. The van der Waals surface area contributed by atoms with E-state index in [0.29, 0.717) is 15.9 Å². The minimum absolute atomic E-state index is 0.507. The van der Waals surface area contributed by atoms with E-state index in [1.165, 1.54) is 5.56 Å². The quantitative estimate of drug-likeness (QED) is 0.426. The van der Waals surface area contributed by atoms with Crippen LogP contribution in [0, 0.1) is 0 Å². The lowest BCUT2D eigenvalue weighted by atomic mass is 10.0. The fraction of sp³-hybridized carbons (Fsp3) is 0.0500. The summed E-state index contributed by atoms with van der Waals surface area (Å²) in [4.78, 5) is 4.58. The van der Waals surface area contributed by atoms with Gasteiger partial charge in [0.05, 0.1) is 10.6 Å². The molecule has 0 saturated heterocycles. The van der Waals surface area contributed by atoms with Gasteiger partial charge in [0.15, 0.2) is 5.58 Å². The summed E-state index contributed by atoms with van der Waals surface area (Å²) in [5.74, 6) is 0.507. The molecule has 0 aliphatic rings. The number of aromatic nitrogens is 1. The third-order valence-corrected chi connectivity index (χ3v) is 4.44. The topological polar surface area (TPSA) is 26.0 Å². The Morgan fingerprint density at radius 2 is 1.71 bits per heavy atom. The molecule has 0 bridgehead atoms. The van der Waals surface area contributed by atoms with Gasteiger partial charge in [-0.05, 0) is 29.8 Å². The predicted molar refractivity (Wildman–Crippen MR) is 98.7 cm³/mol. The first-order valence-electron chi connectivity index (χ1n) is 7.58. The largest absolute Gasteiger partial charge is 0.436 e. The lowest BCUT2D eigenvalue weighted by Crippen LogP contribution is -1.87. The molecular weight excluding hydrogens is 341 g/mol. The highest BCUT2D eigenvalue weighted by molar-refractivity contribution is 6.36. The van der Waals surface area contributed by atoms with E-state index in [-0.39, 0.29) is 0 Å². The van der Waals surface area contributed by atoms with Crippen LogP contribution in [0.5, 0.6) is 0 Å². The van der Waals surface area contributed by atoms with Gasteiger partial charge in [0.1, 0.15) is 5.52 Å². The Kier molecular flexibility index (Phi) is 4.01. The zero-order chi connectivity index (χ0) is 16.5. The Morgan fingerprint density at radius 1 is 0.875 bits per heavy atom. The second-order valence-corrected chi connectivity index (χ2v) is 6.41. The fourth-order valence-corrected chi connectivity index (χ4v) is 3.23. The molecule has 4 aromatic rings. The van der Waals surface area contributed by atoms with Gasteiger partial charge in [0.25, 0.3) is 0 Å². The van der Waals surface area contributed by atoms with Crippen LogP contribution in [0.3, 0.4) is 0 Å². The molecule has 0 fully saturated rings. The van der Waals surface area contributed by atoms with E-state index in [1.807, 2.05) is 36.4 Å². The highest BCUT2D eigenvalue weighted by Gasteiger charge is 2.14. The summed E-state index contributed by atoms with van der Waals surface area (Å²) in [5.41, 5.74) is 4.68. The van der Waals surface area contributed by atoms with E-state index in [9.17, 15) is 0 Å². The minimum Gasteiger partial charge on any atom is -0.436 e. The first-order chi connectivity index (χ1) is 11.7. The van der Waals surface area contributed by atoms with Crippen molar-refractivity contribution in [1.29, 1.82) is 0 Å². The second kappa shape index (κ2) is 6.31. The number of hydrogen-bond donors (Lipinski definition) is 0. The SMILES string of the molecule is Clc1ccc(-c2nc3cccc(Cc4ccccc4)c3o2)c(Cl)c1. The van der Waals surface area contributed by atoms with E-state index in [1.54, 1.807) is 12.1 Å². The third kappa shape index (κ3) is 2.91. The molecule has 0 aliphatic carbocycles. The molecular formula is C20H13Cl2NO. The summed E-state index contributed by atoms with van der Waals surface area (Å²) in [5, 5.41) is 1.11. The van der Waals surface area contributed by atoms with E-state index in [0.717, 1.165) is 28.6 Å². The van der Waals surface area contributed by atoms with Crippen LogP contribution >= 0.6 is 23.2 Å². The van der Waals surface area contributed by atoms with Gasteiger partial charge in [0.2, 0.25) is 5.89 Å². The monoisotopic (exact) mass is 353 g/mol. The molecule has 1 heterocycles. The third-order valence-electron chi connectivity index (χ3n) is 3.90. The average molecular weight is 354 g/mol. The number of fused-ring (bicyclic) bond motifs is 1. The molecule has 1 aromatic heterocycles. The van der Waals surface area contributed by atoms with Crippen molar-refractivity contribution in [3.63, 3.8) is 0 Å². The lowest BCUT2D eigenvalue weighted by Gasteiger charge is -2.02. The first-order valence-corrected chi connectivity index (χ1v) is 8.34. The fourth-order valence-electron chi connectivity index (χ4n) is 2.74. The van der Waals surface area contributed by atoms with Crippen LogP contribution in [-0.2, 0) is 6.42 Å². The van der Waals surface area contributed by atoms with Gasteiger partial charge in [-0.25, -0.2) is 4.98 Å². The molecule has 3 aromatic carbocycles. The Bertz CT molecular complexity index is 1010. The number of rotatable bonds is 3. The molecule has 0 N–H and O–H groups in total. The van der Waals surface area contributed by atoms with E-state index in [2.05, 4.69) is 23.2 Å². The van der Waals surface area contributed by atoms with Crippen LogP contribution < -0.4 is 0 Å². The van der Waals surface area contributed by atoms with Crippen LogP contribution in [0.2, 0.25) is 10.0 Å². The van der Waals surface area contributed by atoms with Gasteiger partial charge < -0.3 is 4.42 Å². The molecule has 0 radical (unpaired) electrons. The number of benzene rings is 3. The molecule has 0 aliphatic heterocycles. The number of oxazole rings is 1. The number of hydrogen-bond acceptors (Lipinski definition) is 2. The summed E-state index contributed by atoms with van der Waals surface area (Å²) in [7, 11) is 0. The summed E-state index contributed by atoms with van der Waals surface area (Å²) in [6.45, 7) is 0. The maximum absolute atomic E-state index is 6.28. The molecule has 4 heteroatoms. The van der Waals surface area contributed by atoms with Gasteiger partial charge in [-0.15, -0.1) is 0 Å². The Balaban J connectivity index is 1.79. The second-order valence-electron chi connectivity index (χ2n) is 5.57. The molecule has 0 spiro atoms. The molecule has 4 rings (SSSR count). The van der Waals surface area contributed by atoms with E-state index >= 15 is 0 Å². The van der Waals surface area contributed by atoms with Crippen LogP contribution in [0.15, 0.2) is 71.1 Å². The van der Waals surface area contributed by atoms with E-state index < -0.39 is 0 Å². The van der Waals surface area contributed by atoms with Crippen LogP contribution in [0.1, 0.15) is 11.1 Å². The molecule has 2 nitrogen and oxygen atoms in total. The van der Waals surface area contributed by atoms with Crippen molar-refractivity contribution in [3.05, 3.63) is 87.9 Å². The van der Waals surface area contributed by atoms with Gasteiger partial charge >= 0.3 is 0 Å². The highest BCUT2D eigenvalue weighted by Crippen LogP contribution is 2.33. The normalized spacial score (nSPS) is 11.1. The van der Waals surface area contributed by atoms with Crippen molar-refractivity contribution in [2.45, 2.75) is 6.42 Å². The number of nitrogens with zero attached hydrogens (tertiary/aromatic N) is 1. The van der Waals surface area contributed by atoms with Gasteiger partial charge in [0, 0.05) is 17.0 Å². The zero-order valence-corrected chi connectivity index (χ0v) is 14.2. The Morgan fingerprint density at radius 3 is 2.50 bits per heavy atom. The molecule has 118 valence electrons. The van der Waals surface area contributed by atoms with Crippen LogP contribution in [-0.4, -0.2) is 4.98 Å². The van der Waals surface area contributed by atoms with Crippen molar-refractivity contribution in [1.82, 2.24) is 4.98 Å². The number of para-hydroxylation sites is 1. The maximum atomic E-state index is 6.28. The summed E-state index contributed by atoms with van der Waals surface area (Å²) < 4.78 is 6.04. The van der Waals surface area contributed by atoms with Crippen molar-refractivity contribution in [3.8, 4) is 11.5 Å². The maximum Gasteiger partial charge on any atom is 0.228 e. The van der Waals surface area contributed by atoms with Gasteiger partial charge in [-0.1, -0.05) is 65.7 Å². The minimum atomic E-state index is 0.507. The van der Waals surface area contributed by atoms with Crippen molar-refractivity contribution < 1.29 is 4.42 Å². The van der Waals surface area contributed by atoms with E-state index in [4.69, 9.17) is 27.6 Å². The molecule has 0 amide bonds. The Labute approximate surface area is 149 Å². The van der Waals surface area contributed by atoms with Crippen LogP contribution in [0.25, 0.3) is 22.6 Å². The van der Waals surface area contributed by atoms with Gasteiger partial charge in [-0.2, -0.15) is 0 Å². The standard InChI is InChI=1S/C20H13Cl2NO/c21-15-9-10-16(17(22)12-15)20-23-18-8-4-7-14(19(18)24-20)11-13-5-2-1-3-6-13/h1-10,12H,11H2. The van der Waals surface area contributed by atoms with Gasteiger partial charge in [-0.3, -0.25) is 0 Å². The summed E-state index contributed by atoms with van der Waals surface area (Å²) in [6, 6.07) is 21.6. The average Bonchev–Trinajstić information content (AvgIpc) is 3.01. The van der Waals surface area contributed by atoms with Crippen molar-refractivity contribution in [2.75, 3.05) is 0 Å². The van der Waals surface area contributed by atoms with Crippen LogP contribution in [0.4, 0.5) is 0 Å². The van der Waals surface area contributed by atoms with Crippen molar-refractivity contribution in [2.24, 2.45) is 0 Å². The number of halogens is 2. The summed E-state index contributed by atoms with van der Waals surface area (Å²) in [6.07, 6.45) is 0.793. The zero-order valence-electron chi connectivity index (χ0n) is 12.7.